The van der Waals surface area contributed by atoms with Crippen molar-refractivity contribution in [3.05, 3.63) is 69.8 Å². The number of carbonyl (C=O) groups excluding carboxylic acids is 1. The Labute approximate surface area is 183 Å². The van der Waals surface area contributed by atoms with Crippen molar-refractivity contribution in [3.63, 3.8) is 0 Å². The Hall–Kier alpha value is -2.76. The van der Waals surface area contributed by atoms with Gasteiger partial charge in [-0.15, -0.1) is 0 Å². The molecular formula is C22H22BrFN4O2. The molecule has 1 N–H and O–H groups in total. The number of nitrogens with zero attached hydrogens (tertiary/aromatic N) is 3. The minimum Gasteiger partial charge on any atom is -0.360 e. The van der Waals surface area contributed by atoms with E-state index in [9.17, 15) is 9.18 Å². The number of nitrogens with one attached hydrogen (secondary N) is 1. The maximum atomic E-state index is 13.5. The molecule has 0 unspecified atom stereocenters. The monoisotopic (exact) mass is 472 g/mol. The van der Waals surface area contributed by atoms with Crippen LogP contribution in [0.1, 0.15) is 37.8 Å². The predicted octanol–water partition coefficient (Wildman–Crippen LogP) is 4.36. The number of rotatable bonds is 8. The van der Waals surface area contributed by atoms with Crippen LogP contribution in [0, 0.1) is 17.1 Å². The first-order valence-electron chi connectivity index (χ1n) is 9.58. The van der Waals surface area contributed by atoms with Crippen LogP contribution in [0.3, 0.4) is 0 Å². The largest absolute Gasteiger partial charge is 0.360 e. The lowest BCUT2D eigenvalue weighted by atomic mass is 10.1. The van der Waals surface area contributed by atoms with Gasteiger partial charge in [0.15, 0.2) is 0 Å². The van der Waals surface area contributed by atoms with Gasteiger partial charge >= 0.3 is 0 Å². The van der Waals surface area contributed by atoms with E-state index in [2.05, 4.69) is 26.2 Å². The van der Waals surface area contributed by atoms with Crippen LogP contribution < -0.4 is 10.2 Å². The standard InChI is InChI=1S/C22H22BrFN4O2/c1-3-28(20-7-4-16(11-25)13-26-20)15(2)12-27-21(29)14-30-22(8-9-22)17-5-6-19(24)18(23)10-17/h4-7,10,12-13H,3,8-9,14H2,1-2H3,(H,27,29)/b15-12+. The Morgan fingerprint density at radius 1 is 1.43 bits per heavy atom. The lowest BCUT2D eigenvalue weighted by Crippen LogP contribution is -2.29. The highest BCUT2D eigenvalue weighted by molar-refractivity contribution is 9.10. The van der Waals surface area contributed by atoms with E-state index in [0.717, 1.165) is 24.1 Å². The molecule has 0 spiro atoms. The van der Waals surface area contributed by atoms with Crippen LogP contribution in [-0.2, 0) is 15.1 Å². The van der Waals surface area contributed by atoms with Crippen LogP contribution in [0.4, 0.5) is 10.2 Å². The van der Waals surface area contributed by atoms with Gasteiger partial charge in [-0.05, 0) is 72.4 Å². The van der Waals surface area contributed by atoms with E-state index in [1.807, 2.05) is 24.8 Å². The fourth-order valence-corrected chi connectivity index (χ4v) is 3.50. The molecule has 156 valence electrons. The maximum Gasteiger partial charge on any atom is 0.250 e. The summed E-state index contributed by atoms with van der Waals surface area (Å²) in [5, 5.41) is 11.6. The molecule has 0 aliphatic heterocycles. The first kappa shape index (κ1) is 21.9. The van der Waals surface area contributed by atoms with Crippen molar-refractivity contribution in [2.24, 2.45) is 0 Å². The SMILES string of the molecule is CCN(/C(C)=C/NC(=O)COC1(c2ccc(F)c(Br)c2)CC1)c1ccc(C#N)cn1. The van der Waals surface area contributed by atoms with Gasteiger partial charge in [0.1, 0.15) is 24.3 Å². The molecule has 1 fully saturated rings. The number of nitriles is 1. The molecule has 1 aliphatic rings. The molecule has 0 saturated heterocycles. The number of anilines is 1. The van der Waals surface area contributed by atoms with E-state index in [1.165, 1.54) is 12.3 Å². The van der Waals surface area contributed by atoms with E-state index >= 15 is 0 Å². The third-order valence-corrected chi connectivity index (χ3v) is 5.57. The summed E-state index contributed by atoms with van der Waals surface area (Å²) in [5.41, 5.74) is 1.63. The summed E-state index contributed by atoms with van der Waals surface area (Å²) in [6, 6.07) is 10.3. The van der Waals surface area contributed by atoms with Gasteiger partial charge in [0.05, 0.1) is 15.6 Å². The number of amides is 1. The van der Waals surface area contributed by atoms with Crippen molar-refractivity contribution >= 4 is 27.7 Å². The number of hydrogen-bond acceptors (Lipinski definition) is 5. The van der Waals surface area contributed by atoms with E-state index < -0.39 is 5.60 Å². The summed E-state index contributed by atoms with van der Waals surface area (Å²) in [6.45, 7) is 4.39. The fraction of sp³-hybridized carbons (Fsp3) is 0.318. The molecule has 3 rings (SSSR count). The van der Waals surface area contributed by atoms with Crippen molar-refractivity contribution in [2.45, 2.75) is 32.3 Å². The van der Waals surface area contributed by atoms with Gasteiger partial charge < -0.3 is 15.0 Å². The van der Waals surface area contributed by atoms with Crippen LogP contribution >= 0.6 is 15.9 Å². The first-order chi connectivity index (χ1) is 14.4. The summed E-state index contributed by atoms with van der Waals surface area (Å²) in [5.74, 6) is 0.0883. The number of aromatic nitrogens is 1. The van der Waals surface area contributed by atoms with Crippen LogP contribution in [0.25, 0.3) is 0 Å². The minimum atomic E-state index is -0.520. The van der Waals surface area contributed by atoms with Crippen molar-refractivity contribution in [1.82, 2.24) is 10.3 Å². The van der Waals surface area contributed by atoms with Crippen molar-refractivity contribution in [3.8, 4) is 6.07 Å². The molecule has 2 aromatic rings. The molecule has 0 atom stereocenters. The van der Waals surface area contributed by atoms with Gasteiger partial charge in [-0.25, -0.2) is 9.37 Å². The first-order valence-corrected chi connectivity index (χ1v) is 10.4. The maximum absolute atomic E-state index is 13.5. The topological polar surface area (TPSA) is 78.3 Å². The molecule has 1 heterocycles. The van der Waals surface area contributed by atoms with Crippen LogP contribution in [0.2, 0.25) is 0 Å². The quantitative estimate of drug-likeness (QED) is 0.617. The number of benzene rings is 1. The van der Waals surface area contributed by atoms with Crippen molar-refractivity contribution in [2.75, 3.05) is 18.1 Å². The Balaban J connectivity index is 1.58. The normalized spacial score (nSPS) is 14.7. The zero-order valence-corrected chi connectivity index (χ0v) is 18.4. The van der Waals surface area contributed by atoms with Gasteiger partial charge in [-0.2, -0.15) is 5.26 Å². The van der Waals surface area contributed by atoms with Gasteiger partial charge in [0.2, 0.25) is 5.91 Å². The van der Waals surface area contributed by atoms with E-state index in [1.54, 1.807) is 30.5 Å². The summed E-state index contributed by atoms with van der Waals surface area (Å²) in [4.78, 5) is 18.5. The number of carbonyl (C=O) groups is 1. The fourth-order valence-electron chi connectivity index (χ4n) is 3.12. The summed E-state index contributed by atoms with van der Waals surface area (Å²) in [6.07, 6.45) is 4.71. The van der Waals surface area contributed by atoms with Crippen molar-refractivity contribution < 1.29 is 13.9 Å². The third-order valence-electron chi connectivity index (χ3n) is 4.97. The number of ether oxygens (including phenoxy) is 1. The molecule has 6 nitrogen and oxygen atoms in total. The third kappa shape index (κ3) is 5.04. The highest BCUT2D eigenvalue weighted by Gasteiger charge is 2.46. The van der Waals surface area contributed by atoms with E-state index in [-0.39, 0.29) is 18.3 Å². The Morgan fingerprint density at radius 3 is 2.77 bits per heavy atom. The highest BCUT2D eigenvalue weighted by atomic mass is 79.9. The second-order valence-corrected chi connectivity index (χ2v) is 7.88. The number of hydrogen-bond donors (Lipinski definition) is 1. The zero-order chi connectivity index (χ0) is 21.7. The second kappa shape index (κ2) is 9.37. The number of allylic oxidation sites excluding steroid dienone is 1. The minimum absolute atomic E-state index is 0.0972. The molecule has 1 aromatic heterocycles. The predicted molar refractivity (Wildman–Crippen MR) is 115 cm³/mol. The van der Waals surface area contributed by atoms with Gasteiger partial charge in [-0.3, -0.25) is 4.79 Å². The average Bonchev–Trinajstić information content (AvgIpc) is 3.55. The lowest BCUT2D eigenvalue weighted by molar-refractivity contribution is -0.127. The van der Waals surface area contributed by atoms with E-state index in [4.69, 9.17) is 10.00 Å². The molecule has 1 amide bonds. The van der Waals surface area contributed by atoms with Gasteiger partial charge in [0.25, 0.3) is 0 Å². The van der Waals surface area contributed by atoms with Crippen LogP contribution in [0.15, 0.2) is 52.9 Å². The average molecular weight is 473 g/mol. The molecule has 0 radical (unpaired) electrons. The Bertz CT molecular complexity index is 997. The molecule has 8 heteroatoms. The smallest absolute Gasteiger partial charge is 0.250 e. The lowest BCUT2D eigenvalue weighted by Gasteiger charge is -2.22. The van der Waals surface area contributed by atoms with Crippen LogP contribution in [-0.4, -0.2) is 24.0 Å². The van der Waals surface area contributed by atoms with E-state index in [0.29, 0.717) is 22.4 Å². The Morgan fingerprint density at radius 2 is 2.20 bits per heavy atom. The number of pyridine rings is 1. The van der Waals surface area contributed by atoms with Crippen LogP contribution in [0.5, 0.6) is 0 Å². The number of halogens is 2. The summed E-state index contributed by atoms with van der Waals surface area (Å²) < 4.78 is 19.7. The second-order valence-electron chi connectivity index (χ2n) is 7.03. The summed E-state index contributed by atoms with van der Waals surface area (Å²) in [7, 11) is 0. The molecule has 1 aliphatic carbocycles. The molecule has 0 bridgehead atoms. The van der Waals surface area contributed by atoms with Gasteiger partial charge in [0, 0.05) is 24.6 Å². The molecule has 30 heavy (non-hydrogen) atoms. The Kier molecular flexibility index (Phi) is 6.85. The zero-order valence-electron chi connectivity index (χ0n) is 16.8. The highest BCUT2D eigenvalue weighted by Crippen LogP contribution is 2.49. The molecule has 1 aromatic carbocycles. The van der Waals surface area contributed by atoms with Gasteiger partial charge in [-0.1, -0.05) is 6.07 Å². The molecular weight excluding hydrogens is 451 g/mol. The summed E-state index contributed by atoms with van der Waals surface area (Å²) >= 11 is 3.19. The van der Waals surface area contributed by atoms with Crippen molar-refractivity contribution in [1.29, 1.82) is 5.26 Å². The molecule has 1 saturated carbocycles.